The maximum atomic E-state index is 5.77. The Kier molecular flexibility index (Phi) is 3.81. The standard InChI is InChI=1S/C15H25N3/c1-12-10-13(16)4-5-14(12)17-11-15(2)6-8-18(3)9-7-15/h4-5,10,17H,6-9,11,16H2,1-3H3. The first-order valence-electron chi connectivity index (χ1n) is 6.77. The Hall–Kier alpha value is -1.22. The predicted octanol–water partition coefficient (Wildman–Crippen LogP) is 2.72. The molecule has 0 radical (unpaired) electrons. The van der Waals surface area contributed by atoms with Crippen LogP contribution in [0.5, 0.6) is 0 Å². The van der Waals surface area contributed by atoms with Crippen molar-refractivity contribution in [2.24, 2.45) is 5.41 Å². The van der Waals surface area contributed by atoms with Gasteiger partial charge in [0.15, 0.2) is 0 Å². The van der Waals surface area contributed by atoms with Crippen LogP contribution in [0.25, 0.3) is 0 Å². The van der Waals surface area contributed by atoms with Gasteiger partial charge in [0.05, 0.1) is 0 Å². The van der Waals surface area contributed by atoms with E-state index in [0.717, 1.165) is 12.2 Å². The van der Waals surface area contributed by atoms with Gasteiger partial charge in [-0.1, -0.05) is 6.92 Å². The molecule has 18 heavy (non-hydrogen) atoms. The van der Waals surface area contributed by atoms with Crippen LogP contribution in [0.3, 0.4) is 0 Å². The number of aryl methyl sites for hydroxylation is 1. The zero-order chi connectivity index (χ0) is 13.2. The van der Waals surface area contributed by atoms with Gasteiger partial charge >= 0.3 is 0 Å². The molecular weight excluding hydrogens is 222 g/mol. The van der Waals surface area contributed by atoms with E-state index in [2.05, 4.69) is 37.2 Å². The second kappa shape index (κ2) is 5.19. The predicted molar refractivity (Wildman–Crippen MR) is 78.9 cm³/mol. The number of piperidine rings is 1. The fourth-order valence-corrected chi connectivity index (χ4v) is 2.53. The van der Waals surface area contributed by atoms with Gasteiger partial charge in [0.1, 0.15) is 0 Å². The van der Waals surface area contributed by atoms with E-state index in [1.807, 2.05) is 12.1 Å². The monoisotopic (exact) mass is 247 g/mol. The highest BCUT2D eigenvalue weighted by Gasteiger charge is 2.28. The number of nitrogens with one attached hydrogen (secondary N) is 1. The minimum atomic E-state index is 0.417. The summed E-state index contributed by atoms with van der Waals surface area (Å²) in [6.45, 7) is 7.96. The van der Waals surface area contributed by atoms with Crippen LogP contribution in [0.4, 0.5) is 11.4 Å². The van der Waals surface area contributed by atoms with Crippen molar-refractivity contribution in [2.75, 3.05) is 37.7 Å². The highest BCUT2D eigenvalue weighted by atomic mass is 15.1. The lowest BCUT2D eigenvalue weighted by Gasteiger charge is -2.38. The minimum Gasteiger partial charge on any atom is -0.399 e. The van der Waals surface area contributed by atoms with Crippen molar-refractivity contribution in [1.29, 1.82) is 0 Å². The van der Waals surface area contributed by atoms with Crippen LogP contribution in [0.2, 0.25) is 0 Å². The number of hydrogen-bond acceptors (Lipinski definition) is 3. The minimum absolute atomic E-state index is 0.417. The third kappa shape index (κ3) is 3.16. The van der Waals surface area contributed by atoms with Crippen molar-refractivity contribution in [1.82, 2.24) is 4.90 Å². The third-order valence-electron chi connectivity index (χ3n) is 4.15. The Morgan fingerprint density at radius 2 is 2.00 bits per heavy atom. The van der Waals surface area contributed by atoms with Gasteiger partial charge in [0.2, 0.25) is 0 Å². The maximum Gasteiger partial charge on any atom is 0.0371 e. The molecule has 3 heteroatoms. The van der Waals surface area contributed by atoms with E-state index in [0.29, 0.717) is 5.41 Å². The fraction of sp³-hybridized carbons (Fsp3) is 0.600. The molecule has 3 nitrogen and oxygen atoms in total. The molecule has 2 rings (SSSR count). The Balaban J connectivity index is 1.94. The second-order valence-corrected chi connectivity index (χ2v) is 6.04. The largest absolute Gasteiger partial charge is 0.399 e. The summed E-state index contributed by atoms with van der Waals surface area (Å²) in [4.78, 5) is 2.41. The fourth-order valence-electron chi connectivity index (χ4n) is 2.53. The first kappa shape index (κ1) is 13.2. The van der Waals surface area contributed by atoms with Gasteiger partial charge in [-0.15, -0.1) is 0 Å². The van der Waals surface area contributed by atoms with E-state index in [4.69, 9.17) is 5.73 Å². The van der Waals surface area contributed by atoms with Crippen molar-refractivity contribution in [3.63, 3.8) is 0 Å². The normalized spacial score (nSPS) is 19.7. The zero-order valence-electron chi connectivity index (χ0n) is 11.8. The van der Waals surface area contributed by atoms with Crippen LogP contribution in [-0.4, -0.2) is 31.6 Å². The van der Waals surface area contributed by atoms with E-state index >= 15 is 0 Å². The van der Waals surface area contributed by atoms with Gasteiger partial charge in [0.25, 0.3) is 0 Å². The van der Waals surface area contributed by atoms with E-state index in [9.17, 15) is 0 Å². The highest BCUT2D eigenvalue weighted by molar-refractivity contribution is 5.57. The number of benzene rings is 1. The average molecular weight is 247 g/mol. The summed E-state index contributed by atoms with van der Waals surface area (Å²) < 4.78 is 0. The van der Waals surface area contributed by atoms with Crippen molar-refractivity contribution in [3.8, 4) is 0 Å². The molecule has 0 saturated carbocycles. The first-order valence-corrected chi connectivity index (χ1v) is 6.77. The smallest absolute Gasteiger partial charge is 0.0371 e. The maximum absolute atomic E-state index is 5.77. The van der Waals surface area contributed by atoms with Gasteiger partial charge < -0.3 is 16.0 Å². The molecule has 3 N–H and O–H groups in total. The lowest BCUT2D eigenvalue weighted by Crippen LogP contribution is -2.40. The molecular formula is C15H25N3. The number of anilines is 2. The summed E-state index contributed by atoms with van der Waals surface area (Å²) >= 11 is 0. The van der Waals surface area contributed by atoms with Gasteiger partial charge in [0, 0.05) is 17.9 Å². The molecule has 1 fully saturated rings. The molecule has 1 aromatic carbocycles. The molecule has 0 amide bonds. The van der Waals surface area contributed by atoms with Crippen LogP contribution in [0, 0.1) is 12.3 Å². The third-order valence-corrected chi connectivity index (χ3v) is 4.15. The Morgan fingerprint density at radius 1 is 1.33 bits per heavy atom. The molecule has 1 saturated heterocycles. The molecule has 0 unspecified atom stereocenters. The Labute approximate surface area is 110 Å². The molecule has 0 atom stereocenters. The highest BCUT2D eigenvalue weighted by Crippen LogP contribution is 2.31. The summed E-state index contributed by atoms with van der Waals surface area (Å²) in [5, 5.41) is 3.59. The molecule has 100 valence electrons. The number of likely N-dealkylation sites (tertiary alicyclic amines) is 1. The number of hydrogen-bond donors (Lipinski definition) is 2. The van der Waals surface area contributed by atoms with E-state index in [-0.39, 0.29) is 0 Å². The number of nitrogens with two attached hydrogens (primary N) is 1. The molecule has 0 bridgehead atoms. The van der Waals surface area contributed by atoms with Crippen LogP contribution < -0.4 is 11.1 Å². The topological polar surface area (TPSA) is 41.3 Å². The average Bonchev–Trinajstić information content (AvgIpc) is 2.32. The Morgan fingerprint density at radius 3 is 2.61 bits per heavy atom. The lowest BCUT2D eigenvalue weighted by molar-refractivity contribution is 0.150. The lowest BCUT2D eigenvalue weighted by atomic mass is 9.80. The van der Waals surface area contributed by atoms with Gasteiger partial charge in [-0.05, 0) is 69.1 Å². The summed E-state index contributed by atoms with van der Waals surface area (Å²) in [5.74, 6) is 0. The summed E-state index contributed by atoms with van der Waals surface area (Å²) in [5.41, 5.74) is 9.47. The van der Waals surface area contributed by atoms with E-state index < -0.39 is 0 Å². The summed E-state index contributed by atoms with van der Waals surface area (Å²) in [7, 11) is 2.21. The Bertz CT molecular complexity index is 406. The molecule has 1 aliphatic heterocycles. The van der Waals surface area contributed by atoms with E-state index in [1.165, 1.54) is 37.2 Å². The summed E-state index contributed by atoms with van der Waals surface area (Å²) in [6, 6.07) is 6.08. The number of nitrogen functional groups attached to an aromatic ring is 1. The van der Waals surface area contributed by atoms with Crippen LogP contribution >= 0.6 is 0 Å². The quantitative estimate of drug-likeness (QED) is 0.807. The number of rotatable bonds is 3. The van der Waals surface area contributed by atoms with Crippen LogP contribution in [0.15, 0.2) is 18.2 Å². The summed E-state index contributed by atoms with van der Waals surface area (Å²) in [6.07, 6.45) is 2.54. The van der Waals surface area contributed by atoms with Crippen molar-refractivity contribution in [2.45, 2.75) is 26.7 Å². The van der Waals surface area contributed by atoms with Crippen LogP contribution in [-0.2, 0) is 0 Å². The van der Waals surface area contributed by atoms with E-state index in [1.54, 1.807) is 0 Å². The first-order chi connectivity index (χ1) is 8.48. The molecule has 0 spiro atoms. The molecule has 1 heterocycles. The number of nitrogens with zero attached hydrogens (tertiary/aromatic N) is 1. The molecule has 0 aromatic heterocycles. The van der Waals surface area contributed by atoms with Crippen LogP contribution in [0.1, 0.15) is 25.3 Å². The van der Waals surface area contributed by atoms with Crippen molar-refractivity contribution >= 4 is 11.4 Å². The van der Waals surface area contributed by atoms with Gasteiger partial charge in [-0.3, -0.25) is 0 Å². The van der Waals surface area contributed by atoms with Crippen molar-refractivity contribution < 1.29 is 0 Å². The second-order valence-electron chi connectivity index (χ2n) is 6.04. The molecule has 0 aliphatic carbocycles. The van der Waals surface area contributed by atoms with Crippen molar-refractivity contribution in [3.05, 3.63) is 23.8 Å². The van der Waals surface area contributed by atoms with Gasteiger partial charge in [-0.2, -0.15) is 0 Å². The molecule has 1 aromatic rings. The zero-order valence-corrected chi connectivity index (χ0v) is 11.8. The SMILES string of the molecule is Cc1cc(N)ccc1NCC1(C)CCN(C)CC1. The van der Waals surface area contributed by atoms with Gasteiger partial charge in [-0.25, -0.2) is 0 Å². The molecule has 1 aliphatic rings.